The Hall–Kier alpha value is -1.85. The average Bonchev–Trinajstić information content (AvgIpc) is 2.60. The van der Waals surface area contributed by atoms with E-state index in [1.165, 1.54) is 18.3 Å². The van der Waals surface area contributed by atoms with Crippen molar-refractivity contribution in [3.05, 3.63) is 71.1 Å². The van der Waals surface area contributed by atoms with E-state index in [9.17, 15) is 8.78 Å². The molecule has 24 heavy (non-hydrogen) atoms. The molecule has 1 fully saturated rings. The Bertz CT molecular complexity index is 646. The molecule has 3 nitrogen and oxygen atoms in total. The minimum absolute atomic E-state index is 0.0538. The van der Waals surface area contributed by atoms with Crippen LogP contribution in [0.1, 0.15) is 17.9 Å². The Kier molecular flexibility index (Phi) is 6.82. The van der Waals surface area contributed by atoms with E-state index in [0.29, 0.717) is 23.9 Å². The molecule has 1 aromatic carbocycles. The standard InChI is InChI=1S/C18H21ClF2N2O/c1-12(2-4-15(19)9-22)24-11-14-6-7-23-10-16(14)13-3-5-17(20)18(21)8-13/h2-5,8-9,14,16,23H,1,6-7,10-11,22H2/b4-2-,15-9+/t14-,16-/m1/s1. The van der Waals surface area contributed by atoms with E-state index in [2.05, 4.69) is 11.9 Å². The average molecular weight is 355 g/mol. The van der Waals surface area contributed by atoms with Crippen molar-refractivity contribution in [3.8, 4) is 0 Å². The van der Waals surface area contributed by atoms with Crippen molar-refractivity contribution in [1.29, 1.82) is 0 Å². The Morgan fingerprint density at radius 2 is 2.17 bits per heavy atom. The number of halogens is 3. The van der Waals surface area contributed by atoms with Crippen molar-refractivity contribution in [2.75, 3.05) is 19.7 Å². The third-order valence-electron chi connectivity index (χ3n) is 4.07. The zero-order valence-corrected chi connectivity index (χ0v) is 14.0. The normalized spacial score (nSPS) is 21.9. The van der Waals surface area contributed by atoms with Crippen LogP contribution in [-0.2, 0) is 4.74 Å². The summed E-state index contributed by atoms with van der Waals surface area (Å²) in [6.45, 7) is 5.81. The Labute approximate surface area is 145 Å². The molecule has 130 valence electrons. The summed E-state index contributed by atoms with van der Waals surface area (Å²) in [5.74, 6) is -0.954. The van der Waals surface area contributed by atoms with Crippen LogP contribution in [0.3, 0.4) is 0 Å². The van der Waals surface area contributed by atoms with Crippen molar-refractivity contribution in [2.24, 2.45) is 11.7 Å². The number of benzene rings is 1. The van der Waals surface area contributed by atoms with Gasteiger partial charge in [-0.15, -0.1) is 0 Å². The molecule has 1 aromatic rings. The number of nitrogens with one attached hydrogen (secondary N) is 1. The maximum atomic E-state index is 13.5. The molecule has 6 heteroatoms. The van der Waals surface area contributed by atoms with Gasteiger partial charge in [-0.1, -0.05) is 24.2 Å². The van der Waals surface area contributed by atoms with Gasteiger partial charge in [0.25, 0.3) is 0 Å². The highest BCUT2D eigenvalue weighted by Crippen LogP contribution is 2.31. The minimum atomic E-state index is -0.835. The highest BCUT2D eigenvalue weighted by atomic mass is 35.5. The molecule has 0 aromatic heterocycles. The van der Waals surface area contributed by atoms with Crippen LogP contribution in [0.5, 0.6) is 0 Å². The summed E-state index contributed by atoms with van der Waals surface area (Å²) in [5.41, 5.74) is 6.04. The van der Waals surface area contributed by atoms with E-state index in [-0.39, 0.29) is 11.8 Å². The number of rotatable bonds is 6. The lowest BCUT2D eigenvalue weighted by Gasteiger charge is -2.32. The quantitative estimate of drug-likeness (QED) is 0.603. The molecule has 3 N–H and O–H groups in total. The third-order valence-corrected chi connectivity index (χ3v) is 4.32. The summed E-state index contributed by atoms with van der Waals surface area (Å²) in [5, 5.41) is 3.68. The maximum absolute atomic E-state index is 13.5. The van der Waals surface area contributed by atoms with Crippen molar-refractivity contribution < 1.29 is 13.5 Å². The van der Waals surface area contributed by atoms with Gasteiger partial charge in [-0.25, -0.2) is 8.78 Å². The summed E-state index contributed by atoms with van der Waals surface area (Å²) in [4.78, 5) is 0. The molecule has 0 unspecified atom stereocenters. The first-order valence-corrected chi connectivity index (χ1v) is 8.12. The van der Waals surface area contributed by atoms with Crippen molar-refractivity contribution >= 4 is 11.6 Å². The molecular formula is C18H21ClF2N2O. The van der Waals surface area contributed by atoms with Crippen LogP contribution in [0.25, 0.3) is 0 Å². The lowest BCUT2D eigenvalue weighted by Crippen LogP contribution is -2.37. The van der Waals surface area contributed by atoms with E-state index in [4.69, 9.17) is 22.1 Å². The van der Waals surface area contributed by atoms with Crippen LogP contribution in [0.2, 0.25) is 0 Å². The minimum Gasteiger partial charge on any atom is -0.494 e. The topological polar surface area (TPSA) is 47.3 Å². The fourth-order valence-electron chi connectivity index (χ4n) is 2.74. The largest absolute Gasteiger partial charge is 0.494 e. The number of hydrogen-bond donors (Lipinski definition) is 2. The highest BCUT2D eigenvalue weighted by Gasteiger charge is 2.27. The van der Waals surface area contributed by atoms with E-state index in [0.717, 1.165) is 18.5 Å². The summed E-state index contributed by atoms with van der Waals surface area (Å²) in [6.07, 6.45) is 5.39. The zero-order chi connectivity index (χ0) is 17.5. The van der Waals surface area contributed by atoms with Gasteiger partial charge in [-0.2, -0.15) is 0 Å². The maximum Gasteiger partial charge on any atom is 0.159 e. The summed E-state index contributed by atoms with van der Waals surface area (Å²) in [7, 11) is 0. The number of ether oxygens (including phenoxy) is 1. The molecule has 0 radical (unpaired) electrons. The number of piperidine rings is 1. The van der Waals surface area contributed by atoms with Crippen molar-refractivity contribution in [3.63, 3.8) is 0 Å². The molecule has 0 aliphatic carbocycles. The second kappa shape index (κ2) is 8.85. The van der Waals surface area contributed by atoms with Crippen LogP contribution in [0, 0.1) is 17.6 Å². The predicted molar refractivity (Wildman–Crippen MR) is 92.4 cm³/mol. The van der Waals surface area contributed by atoms with Gasteiger partial charge in [0, 0.05) is 24.6 Å². The smallest absolute Gasteiger partial charge is 0.159 e. The fraction of sp³-hybridized carbons (Fsp3) is 0.333. The molecule has 0 saturated carbocycles. The first-order chi connectivity index (χ1) is 11.5. The van der Waals surface area contributed by atoms with Gasteiger partial charge in [-0.3, -0.25) is 0 Å². The molecule has 0 spiro atoms. The molecule has 1 heterocycles. The lowest BCUT2D eigenvalue weighted by atomic mass is 9.82. The second-order valence-electron chi connectivity index (χ2n) is 5.70. The van der Waals surface area contributed by atoms with Crippen LogP contribution < -0.4 is 11.1 Å². The van der Waals surface area contributed by atoms with Gasteiger partial charge in [0.15, 0.2) is 11.6 Å². The summed E-state index contributed by atoms with van der Waals surface area (Å²) >= 11 is 5.77. The molecule has 1 saturated heterocycles. The van der Waals surface area contributed by atoms with E-state index < -0.39 is 11.6 Å². The molecule has 0 bridgehead atoms. The van der Waals surface area contributed by atoms with Crippen molar-refractivity contribution in [1.82, 2.24) is 5.32 Å². The second-order valence-corrected chi connectivity index (χ2v) is 6.13. The zero-order valence-electron chi connectivity index (χ0n) is 13.3. The van der Waals surface area contributed by atoms with Crippen LogP contribution >= 0.6 is 11.6 Å². The number of hydrogen-bond acceptors (Lipinski definition) is 3. The van der Waals surface area contributed by atoms with Gasteiger partial charge in [0.2, 0.25) is 0 Å². The van der Waals surface area contributed by atoms with E-state index in [1.807, 2.05) is 0 Å². The molecule has 2 atom stereocenters. The van der Waals surface area contributed by atoms with Gasteiger partial charge < -0.3 is 15.8 Å². The number of allylic oxidation sites excluding steroid dienone is 3. The van der Waals surface area contributed by atoms with E-state index >= 15 is 0 Å². The van der Waals surface area contributed by atoms with Crippen LogP contribution in [0.15, 0.2) is 53.9 Å². The molecule has 1 aliphatic heterocycles. The molecule has 1 aliphatic rings. The monoisotopic (exact) mass is 354 g/mol. The van der Waals surface area contributed by atoms with Crippen LogP contribution in [-0.4, -0.2) is 19.7 Å². The first kappa shape index (κ1) is 18.5. The molecule has 2 rings (SSSR count). The van der Waals surface area contributed by atoms with Crippen LogP contribution in [0.4, 0.5) is 8.78 Å². The Morgan fingerprint density at radius 1 is 1.38 bits per heavy atom. The van der Waals surface area contributed by atoms with E-state index in [1.54, 1.807) is 18.2 Å². The fourth-order valence-corrected chi connectivity index (χ4v) is 2.80. The Balaban J connectivity index is 2.00. The lowest BCUT2D eigenvalue weighted by molar-refractivity contribution is 0.140. The first-order valence-electron chi connectivity index (χ1n) is 7.74. The SMILES string of the molecule is C=C(/C=C\C(Cl)=C/N)OC[C@H]1CCNC[C@@H]1c1ccc(F)c(F)c1. The summed E-state index contributed by atoms with van der Waals surface area (Å²) < 4.78 is 32.3. The highest BCUT2D eigenvalue weighted by molar-refractivity contribution is 6.31. The predicted octanol–water partition coefficient (Wildman–Crippen LogP) is 3.78. The summed E-state index contributed by atoms with van der Waals surface area (Å²) in [6, 6.07) is 4.06. The molecular weight excluding hydrogens is 334 g/mol. The number of nitrogens with two attached hydrogens (primary N) is 1. The van der Waals surface area contributed by atoms with Gasteiger partial charge in [0.1, 0.15) is 5.76 Å². The third kappa shape index (κ3) is 5.08. The van der Waals surface area contributed by atoms with Gasteiger partial charge in [-0.05, 0) is 42.8 Å². The Morgan fingerprint density at radius 3 is 2.88 bits per heavy atom. The van der Waals surface area contributed by atoms with Crippen molar-refractivity contribution in [2.45, 2.75) is 12.3 Å². The van der Waals surface area contributed by atoms with Gasteiger partial charge in [0.05, 0.1) is 11.6 Å². The van der Waals surface area contributed by atoms with Gasteiger partial charge >= 0.3 is 0 Å². The molecule has 0 amide bonds.